The summed E-state index contributed by atoms with van der Waals surface area (Å²) in [4.78, 5) is 12.2. The van der Waals surface area contributed by atoms with Gasteiger partial charge >= 0.3 is 0 Å². The van der Waals surface area contributed by atoms with Crippen LogP contribution in [0, 0.1) is 12.7 Å². The normalized spacial score (nSPS) is 13.9. The van der Waals surface area contributed by atoms with Crippen LogP contribution in [0.3, 0.4) is 0 Å². The van der Waals surface area contributed by atoms with Crippen molar-refractivity contribution in [2.45, 2.75) is 39.2 Å². The van der Waals surface area contributed by atoms with E-state index in [1.54, 1.807) is 19.2 Å². The van der Waals surface area contributed by atoms with E-state index in [-0.39, 0.29) is 17.8 Å². The average Bonchev–Trinajstić information content (AvgIpc) is 3.42. The summed E-state index contributed by atoms with van der Waals surface area (Å²) in [7, 11) is 0. The van der Waals surface area contributed by atoms with Crippen molar-refractivity contribution in [2.75, 3.05) is 5.43 Å². The first-order valence-corrected chi connectivity index (χ1v) is 8.57. The van der Waals surface area contributed by atoms with E-state index in [9.17, 15) is 9.18 Å². The molecule has 0 aromatic heterocycles. The number of hydrogen-bond donors (Lipinski definition) is 2. The second kappa shape index (κ2) is 7.47. The molecule has 0 aliphatic heterocycles. The quantitative estimate of drug-likeness (QED) is 0.601. The molecular formula is C20H22FN3O. The maximum Gasteiger partial charge on any atom is 0.251 e. The molecule has 1 aliphatic rings. The zero-order valence-corrected chi connectivity index (χ0v) is 14.5. The van der Waals surface area contributed by atoms with E-state index in [2.05, 4.69) is 15.8 Å². The van der Waals surface area contributed by atoms with Crippen molar-refractivity contribution in [3.8, 4) is 11.1 Å². The number of carbonyl (C=O) groups excluding carboxylic acids is 1. The highest BCUT2D eigenvalue weighted by Crippen LogP contribution is 2.28. The Bertz CT molecular complexity index is 795. The molecule has 0 saturated heterocycles. The summed E-state index contributed by atoms with van der Waals surface area (Å²) in [6.45, 7) is 3.74. The molecule has 1 aliphatic carbocycles. The minimum absolute atomic E-state index is 0.213. The predicted molar refractivity (Wildman–Crippen MR) is 99.5 cm³/mol. The van der Waals surface area contributed by atoms with Gasteiger partial charge in [-0.1, -0.05) is 19.1 Å². The van der Waals surface area contributed by atoms with Crippen molar-refractivity contribution in [2.24, 2.45) is 5.10 Å². The van der Waals surface area contributed by atoms with Gasteiger partial charge in [-0.2, -0.15) is 5.10 Å². The van der Waals surface area contributed by atoms with Crippen molar-refractivity contribution in [1.29, 1.82) is 0 Å². The zero-order valence-electron chi connectivity index (χ0n) is 14.5. The molecule has 3 rings (SSSR count). The first-order chi connectivity index (χ1) is 12.1. The van der Waals surface area contributed by atoms with E-state index in [1.807, 2.05) is 31.2 Å². The minimum atomic E-state index is -0.367. The molecule has 0 atom stereocenters. The summed E-state index contributed by atoms with van der Waals surface area (Å²) in [6.07, 6.45) is 4.65. The van der Waals surface area contributed by atoms with Gasteiger partial charge in [0.2, 0.25) is 0 Å². The molecule has 0 bridgehead atoms. The Kier molecular flexibility index (Phi) is 5.12. The van der Waals surface area contributed by atoms with E-state index in [0.29, 0.717) is 11.1 Å². The van der Waals surface area contributed by atoms with Gasteiger partial charge in [0.05, 0.1) is 5.69 Å². The molecule has 0 unspecified atom stereocenters. The molecule has 5 heteroatoms. The average molecular weight is 339 g/mol. The predicted octanol–water partition coefficient (Wildman–Crippen LogP) is 4.50. The molecule has 1 saturated carbocycles. The number of nitrogens with zero attached hydrogens (tertiary/aromatic N) is 1. The Morgan fingerprint density at radius 2 is 2.00 bits per heavy atom. The minimum Gasteiger partial charge on any atom is -0.349 e. The molecule has 1 fully saturated rings. The van der Waals surface area contributed by atoms with Gasteiger partial charge in [0.25, 0.3) is 5.91 Å². The topological polar surface area (TPSA) is 53.5 Å². The van der Waals surface area contributed by atoms with Crippen LogP contribution in [0.1, 0.15) is 42.1 Å². The number of amides is 1. The lowest BCUT2D eigenvalue weighted by molar-refractivity contribution is 0.0950. The van der Waals surface area contributed by atoms with Gasteiger partial charge in [-0.3, -0.25) is 10.2 Å². The third-order valence-corrected chi connectivity index (χ3v) is 4.18. The summed E-state index contributed by atoms with van der Waals surface area (Å²) in [5.74, 6) is -0.581. The summed E-state index contributed by atoms with van der Waals surface area (Å²) >= 11 is 0. The van der Waals surface area contributed by atoms with E-state index >= 15 is 0 Å². The molecule has 1 amide bonds. The van der Waals surface area contributed by atoms with Gasteiger partial charge in [0, 0.05) is 17.8 Å². The largest absolute Gasteiger partial charge is 0.349 e. The van der Waals surface area contributed by atoms with Crippen LogP contribution in [-0.2, 0) is 0 Å². The van der Waals surface area contributed by atoms with Gasteiger partial charge in [0.15, 0.2) is 0 Å². The van der Waals surface area contributed by atoms with Gasteiger partial charge in [-0.15, -0.1) is 0 Å². The summed E-state index contributed by atoms with van der Waals surface area (Å²) < 4.78 is 14.3. The molecule has 2 aromatic rings. The fraction of sp³-hybridized carbons (Fsp3) is 0.300. The summed E-state index contributed by atoms with van der Waals surface area (Å²) in [5.41, 5.74) is 6.28. The Morgan fingerprint density at radius 3 is 2.64 bits per heavy atom. The zero-order chi connectivity index (χ0) is 17.8. The van der Waals surface area contributed by atoms with Crippen molar-refractivity contribution >= 4 is 17.8 Å². The highest BCUT2D eigenvalue weighted by Gasteiger charge is 2.24. The molecule has 0 heterocycles. The molecule has 2 N–H and O–H groups in total. The second-order valence-corrected chi connectivity index (χ2v) is 6.29. The van der Waals surface area contributed by atoms with Gasteiger partial charge in [0.1, 0.15) is 5.82 Å². The SMILES string of the molecule is CC/C=N\Nc1ccc(-c2cc(C(=O)NC3CC3)cc(F)c2C)cc1. The first-order valence-electron chi connectivity index (χ1n) is 8.57. The van der Waals surface area contributed by atoms with Gasteiger partial charge in [-0.05, 0) is 67.1 Å². The second-order valence-electron chi connectivity index (χ2n) is 6.29. The fourth-order valence-corrected chi connectivity index (χ4v) is 2.54. The summed E-state index contributed by atoms with van der Waals surface area (Å²) in [5, 5.41) is 6.98. The van der Waals surface area contributed by atoms with E-state index in [4.69, 9.17) is 0 Å². The van der Waals surface area contributed by atoms with Crippen molar-refractivity contribution in [3.05, 3.63) is 53.3 Å². The van der Waals surface area contributed by atoms with Crippen LogP contribution < -0.4 is 10.7 Å². The van der Waals surface area contributed by atoms with E-state index < -0.39 is 0 Å². The first kappa shape index (κ1) is 17.1. The molecule has 25 heavy (non-hydrogen) atoms. The van der Waals surface area contributed by atoms with Crippen LogP contribution in [0.15, 0.2) is 41.5 Å². The molecule has 0 radical (unpaired) electrons. The lowest BCUT2D eigenvalue weighted by Gasteiger charge is -2.11. The van der Waals surface area contributed by atoms with Crippen molar-refractivity contribution in [1.82, 2.24) is 5.32 Å². The maximum absolute atomic E-state index is 14.3. The number of hydrogen-bond acceptors (Lipinski definition) is 3. The smallest absolute Gasteiger partial charge is 0.251 e. The van der Waals surface area contributed by atoms with Crippen LogP contribution in [0.25, 0.3) is 11.1 Å². The Morgan fingerprint density at radius 1 is 1.28 bits per heavy atom. The van der Waals surface area contributed by atoms with Crippen LogP contribution in [0.5, 0.6) is 0 Å². The highest BCUT2D eigenvalue weighted by molar-refractivity contribution is 5.96. The fourth-order valence-electron chi connectivity index (χ4n) is 2.54. The van der Waals surface area contributed by atoms with Gasteiger partial charge < -0.3 is 5.32 Å². The van der Waals surface area contributed by atoms with Crippen LogP contribution in [-0.4, -0.2) is 18.2 Å². The van der Waals surface area contributed by atoms with Crippen LogP contribution >= 0.6 is 0 Å². The Labute approximate surface area is 147 Å². The summed E-state index contributed by atoms with van der Waals surface area (Å²) in [6, 6.07) is 10.9. The van der Waals surface area contributed by atoms with Crippen LogP contribution in [0.4, 0.5) is 10.1 Å². The molecule has 130 valence electrons. The lowest BCUT2D eigenvalue weighted by Crippen LogP contribution is -2.25. The Balaban J connectivity index is 1.86. The molecule has 4 nitrogen and oxygen atoms in total. The number of anilines is 1. The molecular weight excluding hydrogens is 317 g/mol. The maximum atomic E-state index is 14.3. The van der Waals surface area contributed by atoms with Crippen molar-refractivity contribution < 1.29 is 9.18 Å². The lowest BCUT2D eigenvalue weighted by atomic mass is 9.97. The number of nitrogens with one attached hydrogen (secondary N) is 2. The third-order valence-electron chi connectivity index (χ3n) is 4.18. The van der Waals surface area contributed by atoms with Crippen molar-refractivity contribution in [3.63, 3.8) is 0 Å². The number of hydrazone groups is 1. The number of benzene rings is 2. The molecule has 0 spiro atoms. The van der Waals surface area contributed by atoms with E-state index in [0.717, 1.165) is 36.1 Å². The number of halogens is 1. The Hall–Kier alpha value is -2.69. The number of carbonyl (C=O) groups is 1. The number of rotatable bonds is 6. The van der Waals surface area contributed by atoms with E-state index in [1.165, 1.54) is 6.07 Å². The third kappa shape index (κ3) is 4.24. The van der Waals surface area contributed by atoms with Gasteiger partial charge in [-0.25, -0.2) is 4.39 Å². The standard InChI is InChI=1S/C20H22FN3O/c1-3-10-22-24-17-6-4-14(5-7-17)18-11-15(12-19(21)13(18)2)20(25)23-16-8-9-16/h4-7,10-12,16,24H,3,8-9H2,1-2H3,(H,23,25)/b22-10-. The monoisotopic (exact) mass is 339 g/mol. The molecule has 2 aromatic carbocycles. The highest BCUT2D eigenvalue weighted by atomic mass is 19.1. The van der Waals surface area contributed by atoms with Crippen LogP contribution in [0.2, 0.25) is 0 Å².